The van der Waals surface area contributed by atoms with E-state index in [0.717, 1.165) is 32.5 Å². The standard InChI is InChI=1S/C15H24FNO/c1-3-17(4-2)12-8-5-9-13-18-15-11-7-6-10-14(15)16/h6-7,10-11H,3-5,8-9,12-13H2,1-2H3. The molecule has 0 spiro atoms. The lowest BCUT2D eigenvalue weighted by atomic mass is 10.2. The van der Waals surface area contributed by atoms with Gasteiger partial charge in [0, 0.05) is 0 Å². The second-order valence-corrected chi connectivity index (χ2v) is 4.37. The number of ether oxygens (including phenoxy) is 1. The van der Waals surface area contributed by atoms with Crippen LogP contribution >= 0.6 is 0 Å². The van der Waals surface area contributed by atoms with Crippen LogP contribution in [0.5, 0.6) is 5.75 Å². The minimum absolute atomic E-state index is 0.277. The van der Waals surface area contributed by atoms with Gasteiger partial charge in [0.2, 0.25) is 0 Å². The first-order valence-corrected chi connectivity index (χ1v) is 6.87. The molecule has 0 bridgehead atoms. The smallest absolute Gasteiger partial charge is 0.165 e. The molecule has 1 aromatic rings. The number of halogens is 1. The molecule has 1 rings (SSSR count). The molecule has 2 nitrogen and oxygen atoms in total. The zero-order valence-corrected chi connectivity index (χ0v) is 11.5. The van der Waals surface area contributed by atoms with Crippen LogP contribution in [-0.4, -0.2) is 31.1 Å². The van der Waals surface area contributed by atoms with Crippen molar-refractivity contribution in [3.05, 3.63) is 30.1 Å². The molecule has 18 heavy (non-hydrogen) atoms. The lowest BCUT2D eigenvalue weighted by Gasteiger charge is -2.17. The fraction of sp³-hybridized carbons (Fsp3) is 0.600. The van der Waals surface area contributed by atoms with E-state index < -0.39 is 0 Å². The van der Waals surface area contributed by atoms with E-state index in [1.54, 1.807) is 18.2 Å². The van der Waals surface area contributed by atoms with Crippen LogP contribution in [-0.2, 0) is 0 Å². The Bertz CT molecular complexity index is 326. The maximum atomic E-state index is 13.2. The van der Waals surface area contributed by atoms with E-state index in [1.165, 1.54) is 12.5 Å². The number of rotatable bonds is 9. The van der Waals surface area contributed by atoms with Crippen molar-refractivity contribution in [3.63, 3.8) is 0 Å². The van der Waals surface area contributed by atoms with Crippen molar-refractivity contribution in [2.45, 2.75) is 33.1 Å². The van der Waals surface area contributed by atoms with E-state index in [1.807, 2.05) is 0 Å². The van der Waals surface area contributed by atoms with E-state index in [-0.39, 0.29) is 5.82 Å². The van der Waals surface area contributed by atoms with Gasteiger partial charge in [0.25, 0.3) is 0 Å². The average Bonchev–Trinajstić information content (AvgIpc) is 2.40. The molecule has 0 unspecified atom stereocenters. The number of hydrogen-bond donors (Lipinski definition) is 0. The van der Waals surface area contributed by atoms with Gasteiger partial charge >= 0.3 is 0 Å². The highest BCUT2D eigenvalue weighted by molar-refractivity contribution is 5.23. The van der Waals surface area contributed by atoms with Gasteiger partial charge < -0.3 is 9.64 Å². The van der Waals surface area contributed by atoms with E-state index >= 15 is 0 Å². The van der Waals surface area contributed by atoms with Gasteiger partial charge in [-0.2, -0.15) is 0 Å². The van der Waals surface area contributed by atoms with Gasteiger partial charge in [-0.05, 0) is 51.0 Å². The highest BCUT2D eigenvalue weighted by Gasteiger charge is 2.01. The highest BCUT2D eigenvalue weighted by Crippen LogP contribution is 2.15. The molecule has 0 aliphatic carbocycles. The quantitative estimate of drug-likeness (QED) is 0.622. The average molecular weight is 253 g/mol. The number of para-hydroxylation sites is 1. The molecule has 102 valence electrons. The Hall–Kier alpha value is -1.09. The number of unbranched alkanes of at least 4 members (excludes halogenated alkanes) is 2. The summed E-state index contributed by atoms with van der Waals surface area (Å²) in [5.74, 6) is 0.0851. The van der Waals surface area contributed by atoms with Crippen LogP contribution in [0.25, 0.3) is 0 Å². The molecule has 1 aromatic carbocycles. The Morgan fingerprint density at radius 2 is 1.78 bits per heavy atom. The Morgan fingerprint density at radius 3 is 2.44 bits per heavy atom. The van der Waals surface area contributed by atoms with Crippen LogP contribution in [0.3, 0.4) is 0 Å². The third kappa shape index (κ3) is 5.50. The van der Waals surface area contributed by atoms with Crippen molar-refractivity contribution < 1.29 is 9.13 Å². The normalized spacial score (nSPS) is 10.9. The first kappa shape index (κ1) is 15.0. The SMILES string of the molecule is CCN(CC)CCCCCOc1ccccc1F. The second-order valence-electron chi connectivity index (χ2n) is 4.37. The van der Waals surface area contributed by atoms with E-state index in [2.05, 4.69) is 18.7 Å². The van der Waals surface area contributed by atoms with Crippen LogP contribution in [0, 0.1) is 5.82 Å². The first-order chi connectivity index (χ1) is 8.77. The molecule has 0 saturated carbocycles. The number of nitrogens with zero attached hydrogens (tertiary/aromatic N) is 1. The minimum atomic E-state index is -0.277. The van der Waals surface area contributed by atoms with Gasteiger partial charge in [0.1, 0.15) is 0 Å². The molecule has 0 saturated heterocycles. The van der Waals surface area contributed by atoms with Crippen LogP contribution in [0.2, 0.25) is 0 Å². The maximum absolute atomic E-state index is 13.2. The van der Waals surface area contributed by atoms with Crippen molar-refractivity contribution in [1.29, 1.82) is 0 Å². The molecule has 0 heterocycles. The molecule has 3 heteroatoms. The third-order valence-corrected chi connectivity index (χ3v) is 3.11. The molecule has 0 N–H and O–H groups in total. The predicted molar refractivity (Wildman–Crippen MR) is 73.5 cm³/mol. The summed E-state index contributed by atoms with van der Waals surface area (Å²) in [7, 11) is 0. The Morgan fingerprint density at radius 1 is 1.06 bits per heavy atom. The largest absolute Gasteiger partial charge is 0.491 e. The lowest BCUT2D eigenvalue weighted by molar-refractivity contribution is 0.271. The van der Waals surface area contributed by atoms with Crippen molar-refractivity contribution in [1.82, 2.24) is 4.90 Å². The summed E-state index contributed by atoms with van der Waals surface area (Å²) < 4.78 is 18.6. The summed E-state index contributed by atoms with van der Waals surface area (Å²) in [6.45, 7) is 8.34. The van der Waals surface area contributed by atoms with Crippen molar-refractivity contribution >= 4 is 0 Å². The predicted octanol–water partition coefficient (Wildman–Crippen LogP) is 3.72. The third-order valence-electron chi connectivity index (χ3n) is 3.11. The Labute approximate surface area is 110 Å². The summed E-state index contributed by atoms with van der Waals surface area (Å²) >= 11 is 0. The maximum Gasteiger partial charge on any atom is 0.165 e. The minimum Gasteiger partial charge on any atom is -0.491 e. The van der Waals surface area contributed by atoms with Gasteiger partial charge in [0.05, 0.1) is 6.61 Å². The summed E-state index contributed by atoms with van der Waals surface area (Å²) in [5.41, 5.74) is 0. The zero-order valence-electron chi connectivity index (χ0n) is 11.5. The molecule has 0 aromatic heterocycles. The summed E-state index contributed by atoms with van der Waals surface area (Å²) in [6, 6.07) is 6.56. The Kier molecular flexibility index (Phi) is 7.42. The molecular weight excluding hydrogens is 229 g/mol. The van der Waals surface area contributed by atoms with Gasteiger partial charge in [0.15, 0.2) is 11.6 Å². The highest BCUT2D eigenvalue weighted by atomic mass is 19.1. The van der Waals surface area contributed by atoms with Crippen LogP contribution in [0.1, 0.15) is 33.1 Å². The molecular formula is C15H24FNO. The molecule has 0 fully saturated rings. The molecule has 0 radical (unpaired) electrons. The molecule has 0 aliphatic heterocycles. The van der Waals surface area contributed by atoms with Crippen molar-refractivity contribution in [2.75, 3.05) is 26.2 Å². The summed E-state index contributed by atoms with van der Waals surface area (Å²) in [6.07, 6.45) is 3.29. The van der Waals surface area contributed by atoms with Crippen LogP contribution in [0.15, 0.2) is 24.3 Å². The van der Waals surface area contributed by atoms with Crippen molar-refractivity contribution in [3.8, 4) is 5.75 Å². The number of benzene rings is 1. The summed E-state index contributed by atoms with van der Waals surface area (Å²) in [4.78, 5) is 2.41. The van der Waals surface area contributed by atoms with Gasteiger partial charge in [-0.15, -0.1) is 0 Å². The summed E-state index contributed by atoms with van der Waals surface area (Å²) in [5, 5.41) is 0. The molecule has 0 amide bonds. The van der Waals surface area contributed by atoms with E-state index in [9.17, 15) is 4.39 Å². The van der Waals surface area contributed by atoms with Crippen molar-refractivity contribution in [2.24, 2.45) is 0 Å². The molecule has 0 aliphatic rings. The molecule has 0 atom stereocenters. The lowest BCUT2D eigenvalue weighted by Crippen LogP contribution is -2.23. The Balaban J connectivity index is 2.07. The topological polar surface area (TPSA) is 12.5 Å². The van der Waals surface area contributed by atoms with Crippen LogP contribution in [0.4, 0.5) is 4.39 Å². The van der Waals surface area contributed by atoms with E-state index in [4.69, 9.17) is 4.74 Å². The fourth-order valence-electron chi connectivity index (χ4n) is 1.90. The second kappa shape index (κ2) is 8.92. The van der Waals surface area contributed by atoms with Gasteiger partial charge in [-0.25, -0.2) is 4.39 Å². The van der Waals surface area contributed by atoms with Crippen LogP contribution < -0.4 is 4.74 Å². The van der Waals surface area contributed by atoms with Gasteiger partial charge in [-0.1, -0.05) is 26.0 Å². The fourth-order valence-corrected chi connectivity index (χ4v) is 1.90. The van der Waals surface area contributed by atoms with E-state index in [0.29, 0.717) is 12.4 Å². The first-order valence-electron chi connectivity index (χ1n) is 6.87. The zero-order chi connectivity index (χ0) is 13.2. The number of hydrogen-bond acceptors (Lipinski definition) is 2. The van der Waals surface area contributed by atoms with Gasteiger partial charge in [-0.3, -0.25) is 0 Å². The monoisotopic (exact) mass is 253 g/mol.